The van der Waals surface area contributed by atoms with Crippen LogP contribution in [0.4, 0.5) is 11.4 Å². The summed E-state index contributed by atoms with van der Waals surface area (Å²) < 4.78 is 12.4. The van der Waals surface area contributed by atoms with Crippen LogP contribution in [0.2, 0.25) is 0 Å². The molecule has 0 spiro atoms. The van der Waals surface area contributed by atoms with Crippen LogP contribution in [0.25, 0.3) is 6.08 Å². The molecule has 3 aliphatic rings. The molecule has 1 atom stereocenters. The van der Waals surface area contributed by atoms with Crippen molar-refractivity contribution in [2.45, 2.75) is 45.1 Å². The van der Waals surface area contributed by atoms with Crippen LogP contribution >= 0.6 is 0 Å². The van der Waals surface area contributed by atoms with Crippen molar-refractivity contribution in [1.29, 1.82) is 0 Å². The maximum absolute atomic E-state index is 11.7. The second kappa shape index (κ2) is 10.2. The van der Waals surface area contributed by atoms with E-state index in [1.165, 1.54) is 11.1 Å². The number of aryl methyl sites for hydroxylation is 1. The number of hydrogen-bond acceptors (Lipinski definition) is 5. The Morgan fingerprint density at radius 3 is 2.86 bits per heavy atom. The lowest BCUT2D eigenvalue weighted by Gasteiger charge is -2.36. The SMILES string of the molecule is C=C(C)/C=C\c1c(N)ccc2c1O[C@@H](CN1CCC(Cc3ccc4c(c3)NC(=O)CC4)CC1)CO2. The molecule has 0 radical (unpaired) electrons. The molecule has 35 heavy (non-hydrogen) atoms. The number of nitrogen functional groups attached to an aromatic ring is 1. The van der Waals surface area contributed by atoms with Crippen LogP contribution < -0.4 is 20.5 Å². The average molecular weight is 474 g/mol. The number of likely N-dealkylation sites (tertiary alicyclic amines) is 1. The molecule has 2 aromatic rings. The van der Waals surface area contributed by atoms with Crippen LogP contribution in [-0.4, -0.2) is 43.2 Å². The monoisotopic (exact) mass is 473 g/mol. The molecule has 0 saturated carbocycles. The van der Waals surface area contributed by atoms with E-state index in [4.69, 9.17) is 15.2 Å². The summed E-state index contributed by atoms with van der Waals surface area (Å²) in [5, 5.41) is 3.03. The number of piperidine rings is 1. The zero-order valence-electron chi connectivity index (χ0n) is 20.5. The predicted molar refractivity (Wildman–Crippen MR) is 141 cm³/mol. The van der Waals surface area contributed by atoms with Crippen molar-refractivity contribution < 1.29 is 14.3 Å². The molecule has 184 valence electrons. The minimum absolute atomic E-state index is 0.0258. The number of carbonyl (C=O) groups excluding carboxylic acids is 1. The van der Waals surface area contributed by atoms with E-state index >= 15 is 0 Å². The summed E-state index contributed by atoms with van der Waals surface area (Å²) in [6.45, 7) is 9.38. The molecule has 2 aromatic carbocycles. The first kappa shape index (κ1) is 23.5. The molecule has 3 N–H and O–H groups in total. The molecule has 0 bridgehead atoms. The smallest absolute Gasteiger partial charge is 0.224 e. The molecule has 5 rings (SSSR count). The Bertz CT molecular complexity index is 1150. The van der Waals surface area contributed by atoms with Crippen molar-refractivity contribution >= 4 is 23.4 Å². The normalized spacial score (nSPS) is 20.5. The van der Waals surface area contributed by atoms with Crippen molar-refractivity contribution in [3.63, 3.8) is 0 Å². The highest BCUT2D eigenvalue weighted by Crippen LogP contribution is 2.39. The molecular formula is C29H35N3O3. The fraction of sp³-hybridized carbons (Fsp3) is 0.414. The van der Waals surface area contributed by atoms with E-state index in [1.807, 2.05) is 31.2 Å². The van der Waals surface area contributed by atoms with Crippen LogP contribution in [0, 0.1) is 5.92 Å². The topological polar surface area (TPSA) is 76.8 Å². The highest BCUT2D eigenvalue weighted by atomic mass is 16.6. The van der Waals surface area contributed by atoms with Gasteiger partial charge in [-0.2, -0.15) is 0 Å². The van der Waals surface area contributed by atoms with Crippen molar-refractivity contribution in [3.8, 4) is 11.5 Å². The highest BCUT2D eigenvalue weighted by molar-refractivity contribution is 5.94. The van der Waals surface area contributed by atoms with Gasteiger partial charge in [0.2, 0.25) is 5.91 Å². The maximum Gasteiger partial charge on any atom is 0.224 e. The number of anilines is 2. The molecule has 3 aliphatic heterocycles. The fourth-order valence-electron chi connectivity index (χ4n) is 5.24. The van der Waals surface area contributed by atoms with Gasteiger partial charge in [0.05, 0.1) is 0 Å². The van der Waals surface area contributed by atoms with Gasteiger partial charge in [0.1, 0.15) is 12.7 Å². The number of nitrogens with two attached hydrogens (primary N) is 1. The number of nitrogens with zero attached hydrogens (tertiary/aromatic N) is 1. The number of nitrogens with one attached hydrogen (secondary N) is 1. The zero-order valence-corrected chi connectivity index (χ0v) is 20.5. The van der Waals surface area contributed by atoms with Gasteiger partial charge in [-0.15, -0.1) is 0 Å². The highest BCUT2D eigenvalue weighted by Gasteiger charge is 2.28. The molecular weight excluding hydrogens is 438 g/mol. The molecule has 1 fully saturated rings. The summed E-state index contributed by atoms with van der Waals surface area (Å²) in [5.74, 6) is 2.26. The number of ether oxygens (including phenoxy) is 2. The summed E-state index contributed by atoms with van der Waals surface area (Å²) >= 11 is 0. The van der Waals surface area contributed by atoms with Crippen LogP contribution in [0.15, 0.2) is 48.6 Å². The summed E-state index contributed by atoms with van der Waals surface area (Å²) in [6, 6.07) is 10.3. The van der Waals surface area contributed by atoms with E-state index in [2.05, 4.69) is 35.0 Å². The Balaban J connectivity index is 1.16. The van der Waals surface area contributed by atoms with Crippen molar-refractivity contribution in [3.05, 3.63) is 65.3 Å². The standard InChI is InChI=1S/C29H35N3O3/c1-19(2)3-7-24-25(30)8-9-27-29(24)35-23(18-34-27)17-32-13-11-20(12-14-32)15-21-4-5-22-6-10-28(33)31-26(22)16-21/h3-5,7-9,16,20,23H,1,6,10-15,17-18,30H2,2H3,(H,31,33)/b7-3-/t23-/m0/s1. The zero-order chi connectivity index (χ0) is 24.4. The molecule has 3 heterocycles. The van der Waals surface area contributed by atoms with E-state index in [0.717, 1.165) is 73.6 Å². The van der Waals surface area contributed by atoms with Gasteiger partial charge >= 0.3 is 0 Å². The van der Waals surface area contributed by atoms with E-state index < -0.39 is 0 Å². The lowest BCUT2D eigenvalue weighted by molar-refractivity contribution is -0.116. The van der Waals surface area contributed by atoms with Gasteiger partial charge in [-0.3, -0.25) is 9.69 Å². The van der Waals surface area contributed by atoms with Gasteiger partial charge in [0.25, 0.3) is 0 Å². The summed E-state index contributed by atoms with van der Waals surface area (Å²) in [4.78, 5) is 14.2. The quantitative estimate of drug-likeness (QED) is 0.464. The Morgan fingerprint density at radius 2 is 2.06 bits per heavy atom. The Labute approximate surface area is 207 Å². The third-order valence-electron chi connectivity index (χ3n) is 7.20. The lowest BCUT2D eigenvalue weighted by Crippen LogP contribution is -2.44. The molecule has 1 saturated heterocycles. The van der Waals surface area contributed by atoms with Crippen molar-refractivity contribution in [1.82, 2.24) is 4.90 Å². The molecule has 0 aromatic heterocycles. The van der Waals surface area contributed by atoms with Gasteiger partial charge < -0.3 is 20.5 Å². The largest absolute Gasteiger partial charge is 0.486 e. The summed E-state index contributed by atoms with van der Waals surface area (Å²) in [5.41, 5.74) is 12.3. The number of benzene rings is 2. The van der Waals surface area contributed by atoms with Crippen LogP contribution in [0.3, 0.4) is 0 Å². The fourth-order valence-corrected chi connectivity index (χ4v) is 5.24. The van der Waals surface area contributed by atoms with Crippen LogP contribution in [0.5, 0.6) is 11.5 Å². The van der Waals surface area contributed by atoms with Gasteiger partial charge in [-0.1, -0.05) is 30.4 Å². The maximum atomic E-state index is 11.7. The molecule has 0 aliphatic carbocycles. The number of amides is 1. The second-order valence-corrected chi connectivity index (χ2v) is 10.1. The van der Waals surface area contributed by atoms with Crippen molar-refractivity contribution in [2.24, 2.45) is 5.92 Å². The van der Waals surface area contributed by atoms with E-state index in [-0.39, 0.29) is 12.0 Å². The van der Waals surface area contributed by atoms with Gasteiger partial charge in [0.15, 0.2) is 11.5 Å². The first-order valence-electron chi connectivity index (χ1n) is 12.6. The Hall–Kier alpha value is -3.25. The van der Waals surface area contributed by atoms with E-state index in [1.54, 1.807) is 0 Å². The van der Waals surface area contributed by atoms with Gasteiger partial charge in [0, 0.05) is 29.9 Å². The van der Waals surface area contributed by atoms with Crippen molar-refractivity contribution in [2.75, 3.05) is 37.3 Å². The summed E-state index contributed by atoms with van der Waals surface area (Å²) in [7, 11) is 0. The Morgan fingerprint density at radius 1 is 1.23 bits per heavy atom. The van der Waals surface area contributed by atoms with Gasteiger partial charge in [-0.05, 0) is 87.0 Å². The molecule has 1 amide bonds. The summed E-state index contributed by atoms with van der Waals surface area (Å²) in [6.07, 6.45) is 8.69. The third-order valence-corrected chi connectivity index (χ3v) is 7.20. The minimum atomic E-state index is -0.0258. The van der Waals surface area contributed by atoms with Crippen LogP contribution in [-0.2, 0) is 17.6 Å². The molecule has 0 unspecified atom stereocenters. The number of allylic oxidation sites excluding steroid dienone is 2. The van der Waals surface area contributed by atoms with Gasteiger partial charge in [-0.25, -0.2) is 0 Å². The average Bonchev–Trinajstić information content (AvgIpc) is 2.84. The Kier molecular flexibility index (Phi) is 6.82. The number of carbonyl (C=O) groups is 1. The first-order valence-corrected chi connectivity index (χ1v) is 12.6. The van der Waals surface area contributed by atoms with Crippen LogP contribution in [0.1, 0.15) is 42.9 Å². The minimum Gasteiger partial charge on any atom is -0.486 e. The first-order chi connectivity index (χ1) is 16.9. The predicted octanol–water partition coefficient (Wildman–Crippen LogP) is 4.84. The van der Waals surface area contributed by atoms with E-state index in [0.29, 0.717) is 24.6 Å². The molecule has 6 heteroatoms. The third kappa shape index (κ3) is 5.54. The number of hydrogen-bond donors (Lipinski definition) is 2. The lowest BCUT2D eigenvalue weighted by atomic mass is 9.89. The van der Waals surface area contributed by atoms with E-state index in [9.17, 15) is 4.79 Å². The number of fused-ring (bicyclic) bond motifs is 2. The second-order valence-electron chi connectivity index (χ2n) is 10.1. The number of rotatable bonds is 6. The molecule has 6 nitrogen and oxygen atoms in total.